The number of hydrogen-bond donors (Lipinski definition) is 1. The number of benzene rings is 1. The van der Waals surface area contributed by atoms with Crippen LogP contribution in [0, 0.1) is 0 Å². The lowest BCUT2D eigenvalue weighted by Gasteiger charge is -2.26. The summed E-state index contributed by atoms with van der Waals surface area (Å²) in [4.78, 5) is 0. The molecule has 2 heterocycles. The topological polar surface area (TPSA) is 29.9 Å². The van der Waals surface area contributed by atoms with Gasteiger partial charge in [-0.2, -0.15) is 5.10 Å². The van der Waals surface area contributed by atoms with Crippen molar-refractivity contribution in [3.8, 4) is 0 Å². The van der Waals surface area contributed by atoms with E-state index in [1.165, 1.54) is 16.8 Å². The number of rotatable bonds is 1. The zero-order valence-electron chi connectivity index (χ0n) is 9.35. The van der Waals surface area contributed by atoms with E-state index in [0.717, 1.165) is 13.1 Å². The molecule has 1 N–H and O–H groups in total. The fraction of sp³-hybridized carbons (Fsp3) is 0.308. The van der Waals surface area contributed by atoms with E-state index in [0.29, 0.717) is 5.92 Å². The first-order chi connectivity index (χ1) is 7.86. The van der Waals surface area contributed by atoms with Gasteiger partial charge in [0, 0.05) is 37.9 Å². The second-order valence-electron chi connectivity index (χ2n) is 4.26. The van der Waals surface area contributed by atoms with E-state index in [1.54, 1.807) is 0 Å². The molecule has 1 aliphatic rings. The van der Waals surface area contributed by atoms with Gasteiger partial charge in [-0.3, -0.25) is 4.68 Å². The number of aromatic nitrogens is 2. The maximum absolute atomic E-state index is 4.25. The third-order valence-electron chi connectivity index (χ3n) is 3.31. The first kappa shape index (κ1) is 9.60. The zero-order chi connectivity index (χ0) is 11.0. The number of hydrogen-bond acceptors (Lipinski definition) is 2. The molecular weight excluding hydrogens is 198 g/mol. The summed E-state index contributed by atoms with van der Waals surface area (Å²) in [7, 11) is 2.01. The Bertz CT molecular complexity index is 501. The lowest BCUT2D eigenvalue weighted by atomic mass is 9.88. The Morgan fingerprint density at radius 1 is 1.31 bits per heavy atom. The molecule has 0 bridgehead atoms. The molecule has 3 rings (SSSR count). The van der Waals surface area contributed by atoms with Gasteiger partial charge in [0.25, 0.3) is 0 Å². The van der Waals surface area contributed by atoms with Gasteiger partial charge in [-0.25, -0.2) is 0 Å². The molecule has 0 saturated heterocycles. The van der Waals surface area contributed by atoms with Crippen LogP contribution >= 0.6 is 0 Å². The summed E-state index contributed by atoms with van der Waals surface area (Å²) in [6.45, 7) is 1.97. The van der Waals surface area contributed by atoms with Crippen LogP contribution in [0.15, 0.2) is 36.5 Å². The molecule has 0 radical (unpaired) electrons. The highest BCUT2D eigenvalue weighted by atomic mass is 15.3. The van der Waals surface area contributed by atoms with Crippen LogP contribution in [0.4, 0.5) is 0 Å². The van der Waals surface area contributed by atoms with Crippen LogP contribution in [0.2, 0.25) is 0 Å². The standard InChI is InChI=1S/C13H15N3/c1-16-13(6-7-15-16)12-9-14-8-10-4-2-3-5-11(10)12/h2-7,12,14H,8-9H2,1H3. The Balaban J connectivity index is 2.08. The highest BCUT2D eigenvalue weighted by Gasteiger charge is 2.22. The van der Waals surface area contributed by atoms with Gasteiger partial charge in [-0.1, -0.05) is 24.3 Å². The van der Waals surface area contributed by atoms with Crippen LogP contribution in [-0.4, -0.2) is 16.3 Å². The van der Waals surface area contributed by atoms with E-state index >= 15 is 0 Å². The lowest BCUT2D eigenvalue weighted by molar-refractivity contribution is 0.557. The van der Waals surface area contributed by atoms with Crippen molar-refractivity contribution >= 4 is 0 Å². The molecule has 16 heavy (non-hydrogen) atoms. The molecule has 2 aromatic rings. The van der Waals surface area contributed by atoms with Gasteiger partial charge in [0.05, 0.1) is 0 Å². The van der Waals surface area contributed by atoms with Crippen molar-refractivity contribution in [2.75, 3.05) is 6.54 Å². The molecule has 0 spiro atoms. The molecule has 1 aromatic heterocycles. The molecule has 1 atom stereocenters. The zero-order valence-corrected chi connectivity index (χ0v) is 9.35. The van der Waals surface area contributed by atoms with Crippen LogP contribution in [-0.2, 0) is 13.6 Å². The fourth-order valence-corrected chi connectivity index (χ4v) is 2.49. The second kappa shape index (κ2) is 3.76. The third-order valence-corrected chi connectivity index (χ3v) is 3.31. The molecule has 3 nitrogen and oxygen atoms in total. The molecular formula is C13H15N3. The molecule has 0 aliphatic carbocycles. The summed E-state index contributed by atoms with van der Waals surface area (Å²) in [5.41, 5.74) is 4.12. The average molecular weight is 213 g/mol. The van der Waals surface area contributed by atoms with Gasteiger partial charge in [-0.05, 0) is 17.2 Å². The first-order valence-corrected chi connectivity index (χ1v) is 5.62. The van der Waals surface area contributed by atoms with Crippen molar-refractivity contribution in [1.82, 2.24) is 15.1 Å². The maximum Gasteiger partial charge on any atom is 0.0492 e. The van der Waals surface area contributed by atoms with E-state index < -0.39 is 0 Å². The van der Waals surface area contributed by atoms with Gasteiger partial charge >= 0.3 is 0 Å². The average Bonchev–Trinajstić information content (AvgIpc) is 2.75. The first-order valence-electron chi connectivity index (χ1n) is 5.62. The van der Waals surface area contributed by atoms with Gasteiger partial charge < -0.3 is 5.32 Å². The van der Waals surface area contributed by atoms with E-state index in [2.05, 4.69) is 40.7 Å². The monoisotopic (exact) mass is 213 g/mol. The van der Waals surface area contributed by atoms with Crippen molar-refractivity contribution in [1.29, 1.82) is 0 Å². The predicted octanol–water partition coefficient (Wildman–Crippen LogP) is 1.66. The molecule has 1 unspecified atom stereocenters. The van der Waals surface area contributed by atoms with Gasteiger partial charge in [-0.15, -0.1) is 0 Å². The van der Waals surface area contributed by atoms with E-state index in [-0.39, 0.29) is 0 Å². The van der Waals surface area contributed by atoms with Crippen molar-refractivity contribution in [3.63, 3.8) is 0 Å². The van der Waals surface area contributed by atoms with Crippen LogP contribution in [0.1, 0.15) is 22.7 Å². The van der Waals surface area contributed by atoms with Crippen molar-refractivity contribution in [2.24, 2.45) is 7.05 Å². The Kier molecular flexibility index (Phi) is 2.26. The number of nitrogens with zero attached hydrogens (tertiary/aromatic N) is 2. The molecule has 0 saturated carbocycles. The molecule has 82 valence electrons. The Labute approximate surface area is 95.1 Å². The maximum atomic E-state index is 4.25. The third kappa shape index (κ3) is 1.44. The largest absolute Gasteiger partial charge is 0.312 e. The predicted molar refractivity (Wildman–Crippen MR) is 63.2 cm³/mol. The lowest BCUT2D eigenvalue weighted by Crippen LogP contribution is -2.29. The summed E-state index contributed by atoms with van der Waals surface area (Å²) >= 11 is 0. The molecule has 0 amide bonds. The van der Waals surface area contributed by atoms with E-state index in [9.17, 15) is 0 Å². The van der Waals surface area contributed by atoms with Crippen LogP contribution in [0.5, 0.6) is 0 Å². The summed E-state index contributed by atoms with van der Waals surface area (Å²) in [6.07, 6.45) is 1.87. The van der Waals surface area contributed by atoms with Crippen LogP contribution < -0.4 is 5.32 Å². The molecule has 1 aliphatic heterocycles. The molecule has 0 fully saturated rings. The van der Waals surface area contributed by atoms with Gasteiger partial charge in [0.2, 0.25) is 0 Å². The number of aryl methyl sites for hydroxylation is 1. The van der Waals surface area contributed by atoms with Gasteiger partial charge in [0.15, 0.2) is 0 Å². The number of fused-ring (bicyclic) bond motifs is 1. The molecule has 1 aromatic carbocycles. The highest BCUT2D eigenvalue weighted by Crippen LogP contribution is 2.29. The highest BCUT2D eigenvalue weighted by molar-refractivity contribution is 5.37. The van der Waals surface area contributed by atoms with E-state index in [1.807, 2.05) is 17.9 Å². The summed E-state index contributed by atoms with van der Waals surface area (Å²) < 4.78 is 1.97. The fourth-order valence-electron chi connectivity index (χ4n) is 2.49. The number of nitrogens with one attached hydrogen (secondary N) is 1. The van der Waals surface area contributed by atoms with Crippen molar-refractivity contribution in [3.05, 3.63) is 53.3 Å². The minimum Gasteiger partial charge on any atom is -0.312 e. The van der Waals surface area contributed by atoms with Crippen molar-refractivity contribution in [2.45, 2.75) is 12.5 Å². The Morgan fingerprint density at radius 3 is 3.00 bits per heavy atom. The summed E-state index contributed by atoms with van der Waals surface area (Å²) in [6, 6.07) is 10.8. The van der Waals surface area contributed by atoms with Crippen LogP contribution in [0.3, 0.4) is 0 Å². The summed E-state index contributed by atoms with van der Waals surface area (Å²) in [5, 5.41) is 7.72. The minimum atomic E-state index is 0.428. The quantitative estimate of drug-likeness (QED) is 0.780. The van der Waals surface area contributed by atoms with Gasteiger partial charge in [0.1, 0.15) is 0 Å². The normalized spacial score (nSPS) is 19.4. The Hall–Kier alpha value is -1.61. The smallest absolute Gasteiger partial charge is 0.0492 e. The van der Waals surface area contributed by atoms with E-state index in [4.69, 9.17) is 0 Å². The summed E-state index contributed by atoms with van der Waals surface area (Å²) in [5.74, 6) is 0.428. The molecule has 3 heteroatoms. The van der Waals surface area contributed by atoms with Crippen molar-refractivity contribution < 1.29 is 0 Å². The van der Waals surface area contributed by atoms with Crippen LogP contribution in [0.25, 0.3) is 0 Å². The second-order valence-corrected chi connectivity index (χ2v) is 4.26. The Morgan fingerprint density at radius 2 is 2.19 bits per heavy atom. The minimum absolute atomic E-state index is 0.428. The SMILES string of the molecule is Cn1nccc1C1CNCc2ccccc21.